The molecule has 2 heterocycles. The van der Waals surface area contributed by atoms with Gasteiger partial charge in [-0.15, -0.1) is 0 Å². The maximum atomic E-state index is 13.1. The zero-order chi connectivity index (χ0) is 23.4. The van der Waals surface area contributed by atoms with E-state index in [0.29, 0.717) is 30.8 Å². The highest BCUT2D eigenvalue weighted by Crippen LogP contribution is 2.30. The van der Waals surface area contributed by atoms with Crippen molar-refractivity contribution < 1.29 is 18.3 Å². The van der Waals surface area contributed by atoms with Crippen LogP contribution in [0.3, 0.4) is 0 Å². The van der Waals surface area contributed by atoms with Crippen molar-refractivity contribution in [3.63, 3.8) is 0 Å². The van der Waals surface area contributed by atoms with Crippen LogP contribution in [-0.2, 0) is 16.6 Å². The molecule has 1 N–H and O–H groups in total. The van der Waals surface area contributed by atoms with Crippen LogP contribution in [-0.4, -0.2) is 74.2 Å². The van der Waals surface area contributed by atoms with Crippen LogP contribution in [0.2, 0.25) is 0 Å². The van der Waals surface area contributed by atoms with Crippen molar-refractivity contribution in [1.29, 1.82) is 0 Å². The number of para-hydroxylation sites is 2. The maximum absolute atomic E-state index is 13.1. The van der Waals surface area contributed by atoms with E-state index in [1.54, 1.807) is 12.1 Å². The van der Waals surface area contributed by atoms with Gasteiger partial charge in [0.1, 0.15) is 5.75 Å². The molecular formula is C25H35N3O4S. The third-order valence-electron chi connectivity index (χ3n) is 6.31. The molecule has 0 amide bonds. The minimum atomic E-state index is -3.53. The molecule has 33 heavy (non-hydrogen) atoms. The molecule has 180 valence electrons. The molecule has 0 bridgehead atoms. The molecule has 2 aromatic carbocycles. The average molecular weight is 474 g/mol. The zero-order valence-corrected chi connectivity index (χ0v) is 20.4. The number of piperidine rings is 1. The molecular weight excluding hydrogens is 438 g/mol. The average Bonchev–Trinajstić information content (AvgIpc) is 2.80. The lowest BCUT2D eigenvalue weighted by Gasteiger charge is -2.37. The van der Waals surface area contributed by atoms with Crippen LogP contribution in [0.25, 0.3) is 0 Å². The second-order valence-corrected chi connectivity index (χ2v) is 11.1. The van der Waals surface area contributed by atoms with Gasteiger partial charge in [0.15, 0.2) is 0 Å². The summed E-state index contributed by atoms with van der Waals surface area (Å²) in [5, 5.41) is 9.70. The van der Waals surface area contributed by atoms with E-state index in [2.05, 4.69) is 15.9 Å². The molecule has 2 saturated heterocycles. The van der Waals surface area contributed by atoms with Gasteiger partial charge in [-0.05, 0) is 56.5 Å². The number of anilines is 1. The van der Waals surface area contributed by atoms with Gasteiger partial charge in [-0.25, -0.2) is 8.42 Å². The predicted molar refractivity (Wildman–Crippen MR) is 130 cm³/mol. The number of rotatable bonds is 7. The standard InChI is InChI=1S/C25H35N3O4S/c1-20(2)32-25-9-4-3-8-24(25)27-16-14-26(15-17-27)19-21-6-5-7-23(18-21)33(30,31)28-12-10-22(29)11-13-28/h3-9,18,20,22,29H,10-17,19H2,1-2H3. The van der Waals surface area contributed by atoms with Crippen LogP contribution in [0.5, 0.6) is 5.75 Å². The summed E-state index contributed by atoms with van der Waals surface area (Å²) in [4.78, 5) is 5.07. The van der Waals surface area contributed by atoms with Crippen LogP contribution >= 0.6 is 0 Å². The summed E-state index contributed by atoms with van der Waals surface area (Å²) in [6, 6.07) is 15.5. The first-order valence-corrected chi connectivity index (χ1v) is 13.3. The Balaban J connectivity index is 1.38. The number of aliphatic hydroxyl groups is 1. The third kappa shape index (κ3) is 5.87. The lowest BCUT2D eigenvalue weighted by atomic mass is 10.1. The molecule has 0 aromatic heterocycles. The lowest BCUT2D eigenvalue weighted by Crippen LogP contribution is -2.46. The van der Waals surface area contributed by atoms with Gasteiger partial charge in [0.25, 0.3) is 0 Å². The zero-order valence-electron chi connectivity index (χ0n) is 19.6. The fourth-order valence-corrected chi connectivity index (χ4v) is 6.05. The van der Waals surface area contributed by atoms with E-state index in [1.165, 1.54) is 4.31 Å². The molecule has 4 rings (SSSR count). The normalized spacial score (nSPS) is 19.2. The molecule has 2 fully saturated rings. The Bertz CT molecular complexity index is 1030. The number of ether oxygens (including phenoxy) is 1. The van der Waals surface area contributed by atoms with Crippen molar-refractivity contribution >= 4 is 15.7 Å². The van der Waals surface area contributed by atoms with Crippen molar-refractivity contribution in [3.8, 4) is 5.75 Å². The van der Waals surface area contributed by atoms with Crippen LogP contribution in [0.4, 0.5) is 5.69 Å². The highest BCUT2D eigenvalue weighted by Gasteiger charge is 2.29. The Labute approximate surface area is 197 Å². The molecule has 2 aliphatic rings. The van der Waals surface area contributed by atoms with Gasteiger partial charge in [-0.2, -0.15) is 4.31 Å². The van der Waals surface area contributed by atoms with Crippen molar-refractivity contribution in [2.75, 3.05) is 44.2 Å². The first kappa shape index (κ1) is 24.0. The van der Waals surface area contributed by atoms with Gasteiger partial charge in [0.2, 0.25) is 10.0 Å². The SMILES string of the molecule is CC(C)Oc1ccccc1N1CCN(Cc2cccc(S(=O)(=O)N3CCC(O)CC3)c2)CC1. The number of benzene rings is 2. The van der Waals surface area contributed by atoms with Crippen LogP contribution in [0, 0.1) is 0 Å². The summed E-state index contributed by atoms with van der Waals surface area (Å²) in [6.07, 6.45) is 0.722. The Morgan fingerprint density at radius 2 is 1.67 bits per heavy atom. The minimum Gasteiger partial charge on any atom is -0.489 e. The maximum Gasteiger partial charge on any atom is 0.243 e. The first-order chi connectivity index (χ1) is 15.8. The Kier molecular flexibility index (Phi) is 7.58. The second-order valence-electron chi connectivity index (χ2n) is 9.18. The van der Waals surface area contributed by atoms with Crippen LogP contribution in [0.1, 0.15) is 32.3 Å². The number of sulfonamides is 1. The molecule has 0 aliphatic carbocycles. The molecule has 7 nitrogen and oxygen atoms in total. The summed E-state index contributed by atoms with van der Waals surface area (Å²) in [6.45, 7) is 9.14. The van der Waals surface area contributed by atoms with E-state index < -0.39 is 16.1 Å². The number of aliphatic hydroxyl groups excluding tert-OH is 1. The lowest BCUT2D eigenvalue weighted by molar-refractivity contribution is 0.113. The molecule has 0 atom stereocenters. The largest absolute Gasteiger partial charge is 0.489 e. The molecule has 0 spiro atoms. The number of hydrogen-bond acceptors (Lipinski definition) is 6. The number of piperazine rings is 1. The fraction of sp³-hybridized carbons (Fsp3) is 0.520. The summed E-state index contributed by atoms with van der Waals surface area (Å²) < 4.78 is 33.6. The molecule has 0 radical (unpaired) electrons. The first-order valence-electron chi connectivity index (χ1n) is 11.8. The Morgan fingerprint density at radius 1 is 0.970 bits per heavy atom. The summed E-state index contributed by atoms with van der Waals surface area (Å²) in [5.41, 5.74) is 2.13. The van der Waals surface area contributed by atoms with Gasteiger partial charge in [0, 0.05) is 45.8 Å². The number of nitrogens with zero attached hydrogens (tertiary/aromatic N) is 3. The van der Waals surface area contributed by atoms with Crippen molar-refractivity contribution in [2.24, 2.45) is 0 Å². The van der Waals surface area contributed by atoms with E-state index in [1.807, 2.05) is 44.2 Å². The van der Waals surface area contributed by atoms with Gasteiger partial charge < -0.3 is 14.7 Å². The third-order valence-corrected chi connectivity index (χ3v) is 8.20. The molecule has 2 aromatic rings. The quantitative estimate of drug-likeness (QED) is 0.667. The van der Waals surface area contributed by atoms with Crippen LogP contribution < -0.4 is 9.64 Å². The van der Waals surface area contributed by atoms with Crippen molar-refractivity contribution in [3.05, 3.63) is 54.1 Å². The van der Waals surface area contributed by atoms with E-state index in [4.69, 9.17) is 4.74 Å². The van der Waals surface area contributed by atoms with Gasteiger partial charge >= 0.3 is 0 Å². The topological polar surface area (TPSA) is 73.3 Å². The molecule has 0 unspecified atom stereocenters. The molecule has 8 heteroatoms. The summed E-state index contributed by atoms with van der Waals surface area (Å²) >= 11 is 0. The monoisotopic (exact) mass is 473 g/mol. The summed E-state index contributed by atoms with van der Waals surface area (Å²) in [7, 11) is -3.53. The van der Waals surface area contributed by atoms with E-state index in [0.717, 1.165) is 49.7 Å². The van der Waals surface area contributed by atoms with Gasteiger partial charge in [-0.1, -0.05) is 24.3 Å². The highest BCUT2D eigenvalue weighted by atomic mass is 32.2. The molecule has 0 saturated carbocycles. The van der Waals surface area contributed by atoms with Gasteiger partial charge in [-0.3, -0.25) is 4.90 Å². The fourth-order valence-electron chi connectivity index (χ4n) is 4.51. The predicted octanol–water partition coefficient (Wildman–Crippen LogP) is 2.94. The Morgan fingerprint density at radius 3 is 2.36 bits per heavy atom. The summed E-state index contributed by atoms with van der Waals surface area (Å²) in [5.74, 6) is 0.920. The minimum absolute atomic E-state index is 0.131. The van der Waals surface area contributed by atoms with Crippen LogP contribution in [0.15, 0.2) is 53.4 Å². The van der Waals surface area contributed by atoms with Crippen molar-refractivity contribution in [2.45, 2.75) is 50.3 Å². The highest BCUT2D eigenvalue weighted by molar-refractivity contribution is 7.89. The molecule has 2 aliphatic heterocycles. The van der Waals surface area contributed by atoms with E-state index >= 15 is 0 Å². The second kappa shape index (κ2) is 10.4. The van der Waals surface area contributed by atoms with Crippen molar-refractivity contribution in [1.82, 2.24) is 9.21 Å². The smallest absolute Gasteiger partial charge is 0.243 e. The van der Waals surface area contributed by atoms with Gasteiger partial charge in [0.05, 0.1) is 22.8 Å². The Hall–Kier alpha value is -2.13. The van der Waals surface area contributed by atoms with E-state index in [-0.39, 0.29) is 6.10 Å². The van der Waals surface area contributed by atoms with E-state index in [9.17, 15) is 13.5 Å². The number of hydrogen-bond donors (Lipinski definition) is 1.